The zero-order valence-corrected chi connectivity index (χ0v) is 8.96. The van der Waals surface area contributed by atoms with Crippen LogP contribution in [-0.2, 0) is 4.74 Å². The van der Waals surface area contributed by atoms with Gasteiger partial charge in [0.15, 0.2) is 0 Å². The second kappa shape index (κ2) is 11.3. The van der Waals surface area contributed by atoms with Crippen molar-refractivity contribution in [2.45, 2.75) is 46.0 Å². The van der Waals surface area contributed by atoms with Gasteiger partial charge < -0.3 is 4.74 Å². The van der Waals surface area contributed by atoms with E-state index in [2.05, 4.69) is 19.1 Å². The van der Waals surface area contributed by atoms with Crippen LogP contribution in [0.4, 0.5) is 0 Å². The number of hydrogen-bond donors (Lipinski definition) is 0. The summed E-state index contributed by atoms with van der Waals surface area (Å²) >= 11 is 0. The molecule has 0 aliphatic heterocycles. The number of rotatable bonds is 8. The van der Waals surface area contributed by atoms with Crippen molar-refractivity contribution >= 4 is 0 Å². The van der Waals surface area contributed by atoms with Gasteiger partial charge in [-0.2, -0.15) is 0 Å². The monoisotopic (exact) mass is 182 g/mol. The number of ether oxygens (including phenoxy) is 1. The van der Waals surface area contributed by atoms with E-state index in [0.29, 0.717) is 0 Å². The Kier molecular flexibility index (Phi) is 10.7. The van der Waals surface area contributed by atoms with Crippen LogP contribution in [0.5, 0.6) is 0 Å². The highest BCUT2D eigenvalue weighted by molar-refractivity contribution is 4.76. The van der Waals surface area contributed by atoms with Gasteiger partial charge in [0.2, 0.25) is 0 Å². The Morgan fingerprint density at radius 3 is 2.38 bits per heavy atom. The minimum absolute atomic E-state index is 0.869. The average Bonchev–Trinajstić information content (AvgIpc) is 2.16. The molecule has 0 N–H and O–H groups in total. The van der Waals surface area contributed by atoms with Crippen molar-refractivity contribution in [1.82, 2.24) is 0 Å². The van der Waals surface area contributed by atoms with E-state index >= 15 is 0 Å². The summed E-state index contributed by atoms with van der Waals surface area (Å²) in [6.07, 6.45) is 14.4. The molecule has 0 amide bonds. The average molecular weight is 182 g/mol. The first-order valence-electron chi connectivity index (χ1n) is 5.25. The maximum Gasteiger partial charge on any atom is 0.0873 e. The summed E-state index contributed by atoms with van der Waals surface area (Å²) in [4.78, 5) is 0. The summed E-state index contributed by atoms with van der Waals surface area (Å²) in [7, 11) is 0. The summed E-state index contributed by atoms with van der Waals surface area (Å²) in [5, 5.41) is 0. The largest absolute Gasteiger partial charge is 0.502 e. The van der Waals surface area contributed by atoms with Crippen LogP contribution < -0.4 is 0 Å². The molecule has 0 rings (SSSR count). The van der Waals surface area contributed by atoms with Crippen LogP contribution in [0.2, 0.25) is 0 Å². The fourth-order valence-corrected chi connectivity index (χ4v) is 1.13. The third-order valence-corrected chi connectivity index (χ3v) is 1.85. The third-order valence-electron chi connectivity index (χ3n) is 1.85. The van der Waals surface area contributed by atoms with E-state index in [1.807, 2.05) is 13.0 Å². The van der Waals surface area contributed by atoms with Gasteiger partial charge >= 0.3 is 0 Å². The van der Waals surface area contributed by atoms with E-state index < -0.39 is 0 Å². The molecule has 0 spiro atoms. The molecule has 0 atom stereocenters. The fourth-order valence-electron chi connectivity index (χ4n) is 1.13. The topological polar surface area (TPSA) is 9.23 Å². The molecule has 0 aromatic carbocycles. The molecule has 0 saturated heterocycles. The molecule has 0 saturated carbocycles. The van der Waals surface area contributed by atoms with E-state index in [4.69, 9.17) is 4.74 Å². The normalized spacial score (nSPS) is 11.5. The van der Waals surface area contributed by atoms with E-state index in [-0.39, 0.29) is 0 Å². The van der Waals surface area contributed by atoms with Crippen LogP contribution in [0.25, 0.3) is 0 Å². The Bertz CT molecular complexity index is 120. The lowest BCUT2D eigenvalue weighted by Gasteiger charge is -1.99. The van der Waals surface area contributed by atoms with E-state index in [1.54, 1.807) is 6.26 Å². The van der Waals surface area contributed by atoms with Crippen molar-refractivity contribution in [2.75, 3.05) is 6.61 Å². The summed E-state index contributed by atoms with van der Waals surface area (Å²) in [5.74, 6) is 0. The van der Waals surface area contributed by atoms with Crippen LogP contribution in [0.3, 0.4) is 0 Å². The second-order valence-electron chi connectivity index (χ2n) is 3.11. The van der Waals surface area contributed by atoms with Crippen molar-refractivity contribution in [1.29, 1.82) is 0 Å². The van der Waals surface area contributed by atoms with Crippen LogP contribution >= 0.6 is 0 Å². The van der Waals surface area contributed by atoms with Crippen LogP contribution in [0.1, 0.15) is 46.0 Å². The third kappa shape index (κ3) is 11.3. The van der Waals surface area contributed by atoms with Gasteiger partial charge in [0.05, 0.1) is 12.9 Å². The standard InChI is InChI=1S/C12H22O/c1-3-5-6-7-8-9-10-12-13-11-4-2/h3-5,11H,6-10,12H2,1-2H3/b5-3+,11-4+. The predicted molar refractivity (Wildman–Crippen MR) is 58.7 cm³/mol. The molecule has 0 radical (unpaired) electrons. The quantitative estimate of drug-likeness (QED) is 0.312. The van der Waals surface area contributed by atoms with Gasteiger partial charge in [-0.25, -0.2) is 0 Å². The highest BCUT2D eigenvalue weighted by Gasteiger charge is 1.88. The van der Waals surface area contributed by atoms with Gasteiger partial charge in [-0.1, -0.05) is 31.1 Å². The Morgan fingerprint density at radius 1 is 0.923 bits per heavy atom. The van der Waals surface area contributed by atoms with Crippen molar-refractivity contribution < 1.29 is 4.74 Å². The summed E-state index contributed by atoms with van der Waals surface area (Å²) in [6.45, 7) is 4.91. The number of allylic oxidation sites excluding steroid dienone is 3. The highest BCUT2D eigenvalue weighted by atomic mass is 16.5. The van der Waals surface area contributed by atoms with Gasteiger partial charge in [0, 0.05) is 0 Å². The minimum atomic E-state index is 0.869. The first-order valence-corrected chi connectivity index (χ1v) is 5.25. The van der Waals surface area contributed by atoms with Gasteiger partial charge in [-0.05, 0) is 33.1 Å². The predicted octanol–water partition coefficient (Wildman–Crippen LogP) is 4.06. The maximum absolute atomic E-state index is 5.22. The van der Waals surface area contributed by atoms with Crippen molar-refractivity contribution in [3.63, 3.8) is 0 Å². The molecular formula is C12H22O. The first kappa shape index (κ1) is 12.3. The molecule has 0 unspecified atom stereocenters. The first-order chi connectivity index (χ1) is 6.41. The van der Waals surface area contributed by atoms with Gasteiger partial charge in [-0.3, -0.25) is 0 Å². The molecular weight excluding hydrogens is 160 g/mol. The Labute approximate surface area is 82.5 Å². The maximum atomic E-state index is 5.22. The molecule has 0 aromatic rings. The number of unbranched alkanes of at least 4 members (excludes halogenated alkanes) is 4. The van der Waals surface area contributed by atoms with Crippen LogP contribution in [-0.4, -0.2) is 6.61 Å². The summed E-state index contributed by atoms with van der Waals surface area (Å²) in [5.41, 5.74) is 0. The molecule has 0 aliphatic rings. The van der Waals surface area contributed by atoms with Gasteiger partial charge in [0.1, 0.15) is 0 Å². The molecule has 0 heterocycles. The van der Waals surface area contributed by atoms with E-state index in [0.717, 1.165) is 6.61 Å². The highest BCUT2D eigenvalue weighted by Crippen LogP contribution is 2.03. The molecule has 0 bridgehead atoms. The molecule has 13 heavy (non-hydrogen) atoms. The molecule has 0 aliphatic carbocycles. The lowest BCUT2D eigenvalue weighted by atomic mass is 10.1. The minimum Gasteiger partial charge on any atom is -0.502 e. The molecule has 1 nitrogen and oxygen atoms in total. The van der Waals surface area contributed by atoms with Crippen LogP contribution in [0, 0.1) is 0 Å². The van der Waals surface area contributed by atoms with E-state index in [1.165, 1.54) is 32.1 Å². The summed E-state index contributed by atoms with van der Waals surface area (Å²) < 4.78 is 5.22. The molecule has 76 valence electrons. The summed E-state index contributed by atoms with van der Waals surface area (Å²) in [6, 6.07) is 0. The fraction of sp³-hybridized carbons (Fsp3) is 0.667. The zero-order valence-electron chi connectivity index (χ0n) is 8.96. The second-order valence-corrected chi connectivity index (χ2v) is 3.11. The smallest absolute Gasteiger partial charge is 0.0873 e. The van der Waals surface area contributed by atoms with Crippen molar-refractivity contribution in [3.05, 3.63) is 24.5 Å². The molecule has 0 fully saturated rings. The lowest BCUT2D eigenvalue weighted by Crippen LogP contribution is -1.87. The van der Waals surface area contributed by atoms with Crippen LogP contribution in [0.15, 0.2) is 24.5 Å². The van der Waals surface area contributed by atoms with Crippen molar-refractivity contribution in [2.24, 2.45) is 0 Å². The van der Waals surface area contributed by atoms with Gasteiger partial charge in [-0.15, -0.1) is 0 Å². The SMILES string of the molecule is C/C=C/CCCCCCO/C=C/C. The van der Waals surface area contributed by atoms with Gasteiger partial charge in [0.25, 0.3) is 0 Å². The Balaban J connectivity index is 2.91. The zero-order chi connectivity index (χ0) is 9.78. The Morgan fingerprint density at radius 2 is 1.69 bits per heavy atom. The van der Waals surface area contributed by atoms with Crippen molar-refractivity contribution in [3.8, 4) is 0 Å². The van der Waals surface area contributed by atoms with E-state index in [9.17, 15) is 0 Å². The molecule has 0 aromatic heterocycles. The molecule has 1 heteroatoms. The number of hydrogen-bond acceptors (Lipinski definition) is 1. The lowest BCUT2D eigenvalue weighted by molar-refractivity contribution is 0.240. The Hall–Kier alpha value is -0.720.